The Balaban J connectivity index is 2.75. The second-order valence-electron chi connectivity index (χ2n) is 3.87. The van der Waals surface area contributed by atoms with Crippen LogP contribution in [0, 0.1) is 0 Å². The van der Waals surface area contributed by atoms with E-state index in [-0.39, 0.29) is 11.9 Å². The van der Waals surface area contributed by atoms with E-state index < -0.39 is 17.6 Å². The van der Waals surface area contributed by atoms with Gasteiger partial charge in [-0.15, -0.1) is 0 Å². The Hall–Kier alpha value is -0.290. The molecule has 1 rings (SSSR count). The molecule has 0 N–H and O–H groups in total. The molecule has 1 aromatic carbocycles. The van der Waals surface area contributed by atoms with Gasteiger partial charge in [0.25, 0.3) is 0 Å². The molecule has 19 heavy (non-hydrogen) atoms. The highest BCUT2D eigenvalue weighted by Gasteiger charge is 2.30. The number of alkyl halides is 3. The first-order valence-electron chi connectivity index (χ1n) is 5.49. The first kappa shape index (κ1) is 16.8. The Morgan fingerprint density at radius 1 is 1.32 bits per heavy atom. The smallest absolute Gasteiger partial charge is 0.416 e. The third kappa shape index (κ3) is 5.69. The molecule has 0 radical (unpaired) electrons. The van der Waals surface area contributed by atoms with Crippen LogP contribution >= 0.6 is 17.1 Å². The zero-order chi connectivity index (χ0) is 14.7. The van der Waals surface area contributed by atoms with E-state index in [0.717, 1.165) is 12.1 Å². The van der Waals surface area contributed by atoms with Crippen LogP contribution in [0.3, 0.4) is 0 Å². The van der Waals surface area contributed by atoms with Crippen LogP contribution in [0.5, 0.6) is 5.75 Å². The van der Waals surface area contributed by atoms with E-state index in [4.69, 9.17) is 32.1 Å². The summed E-state index contributed by atoms with van der Waals surface area (Å²) in [5.41, 5.74) is -0.759. The molecule has 0 heterocycles. The van der Waals surface area contributed by atoms with E-state index in [1.54, 1.807) is 6.92 Å². The molecule has 0 aromatic heterocycles. The van der Waals surface area contributed by atoms with Gasteiger partial charge in [0.15, 0.2) is 0 Å². The van der Waals surface area contributed by atoms with Crippen molar-refractivity contribution in [3.8, 4) is 5.75 Å². The summed E-state index contributed by atoms with van der Waals surface area (Å²) in [6.45, 7) is 3.69. The lowest BCUT2D eigenvalue weighted by atomic mass is 10.2. The van der Waals surface area contributed by atoms with Gasteiger partial charge in [-0.25, -0.2) is 0 Å². The molecule has 0 bridgehead atoms. The zero-order valence-electron chi connectivity index (χ0n) is 10.3. The molecule has 0 aliphatic carbocycles. The van der Waals surface area contributed by atoms with Gasteiger partial charge in [-0.1, -0.05) is 6.92 Å². The van der Waals surface area contributed by atoms with E-state index in [9.17, 15) is 13.2 Å². The molecule has 2 nitrogen and oxygen atoms in total. The lowest BCUT2D eigenvalue weighted by Crippen LogP contribution is -2.06. The third-order valence-corrected chi connectivity index (χ3v) is 4.25. The van der Waals surface area contributed by atoms with Gasteiger partial charge in [-0.3, -0.25) is 0 Å². The lowest BCUT2D eigenvalue weighted by Gasteiger charge is -2.20. The van der Waals surface area contributed by atoms with Crippen LogP contribution in [0.1, 0.15) is 25.8 Å². The van der Waals surface area contributed by atoms with Crippen molar-refractivity contribution in [1.29, 1.82) is 0 Å². The summed E-state index contributed by atoms with van der Waals surface area (Å²) in [5.74, 6) is -2.86. The topological polar surface area (TPSA) is 18.5 Å². The van der Waals surface area contributed by atoms with E-state index in [2.05, 4.69) is 0 Å². The molecule has 0 fully saturated rings. The average molecular weight is 333 g/mol. The maximum atomic E-state index is 12.4. The van der Waals surface area contributed by atoms with Crippen molar-refractivity contribution in [2.75, 3.05) is 0 Å². The number of halogens is 4. The van der Waals surface area contributed by atoms with Gasteiger partial charge < -0.3 is 9.05 Å². The molecule has 0 amide bonds. The Morgan fingerprint density at radius 2 is 1.84 bits per heavy atom. The van der Waals surface area contributed by atoms with Gasteiger partial charge in [0, 0.05) is 0 Å². The molecule has 0 saturated carbocycles. The molecule has 2 unspecified atom stereocenters. The van der Waals surface area contributed by atoms with Crippen molar-refractivity contribution in [3.05, 3.63) is 29.8 Å². The molecule has 0 aliphatic heterocycles. The highest BCUT2D eigenvalue weighted by atomic mass is 35.7. The Bertz CT molecular complexity index is 464. The van der Waals surface area contributed by atoms with Gasteiger partial charge in [0.05, 0.1) is 11.7 Å². The monoisotopic (exact) mass is 332 g/mol. The van der Waals surface area contributed by atoms with Crippen molar-refractivity contribution in [2.24, 2.45) is 0 Å². The highest BCUT2D eigenvalue weighted by Crippen LogP contribution is 2.55. The maximum Gasteiger partial charge on any atom is 0.416 e. The summed E-state index contributed by atoms with van der Waals surface area (Å²) < 4.78 is 47.7. The summed E-state index contributed by atoms with van der Waals surface area (Å²) in [6.07, 6.45) is -3.84. The van der Waals surface area contributed by atoms with Crippen LogP contribution in [-0.4, -0.2) is 6.10 Å². The van der Waals surface area contributed by atoms with Crippen molar-refractivity contribution in [1.82, 2.24) is 0 Å². The zero-order valence-corrected chi connectivity index (χ0v) is 12.7. The van der Waals surface area contributed by atoms with Crippen LogP contribution in [0.15, 0.2) is 24.3 Å². The molecule has 2 atom stereocenters. The summed E-state index contributed by atoms with van der Waals surface area (Å²) in [7, 11) is 0. The highest BCUT2D eigenvalue weighted by molar-refractivity contribution is 8.22. The second kappa shape index (κ2) is 6.44. The summed E-state index contributed by atoms with van der Waals surface area (Å²) in [4.78, 5) is 0. The predicted octanol–water partition coefficient (Wildman–Crippen LogP) is 5.36. The number of hydrogen-bond donors (Lipinski definition) is 0. The molecule has 1 aromatic rings. The number of hydrogen-bond acceptors (Lipinski definition) is 3. The van der Waals surface area contributed by atoms with Gasteiger partial charge in [0.2, 0.25) is 0 Å². The second-order valence-corrected chi connectivity index (χ2v) is 8.50. The summed E-state index contributed by atoms with van der Waals surface area (Å²) in [5, 5.41) is 0. The molecular formula is C11H13ClF3O2PS. The van der Waals surface area contributed by atoms with Crippen molar-refractivity contribution >= 4 is 28.9 Å². The number of benzene rings is 1. The third-order valence-electron chi connectivity index (χ3n) is 2.28. The maximum absolute atomic E-state index is 12.4. The quantitative estimate of drug-likeness (QED) is 0.676. The minimum Gasteiger partial charge on any atom is -0.433 e. The van der Waals surface area contributed by atoms with Crippen molar-refractivity contribution in [3.63, 3.8) is 0 Å². The largest absolute Gasteiger partial charge is 0.433 e. The molecule has 0 aliphatic rings. The van der Waals surface area contributed by atoms with Gasteiger partial charge >= 0.3 is 12.0 Å². The van der Waals surface area contributed by atoms with Crippen molar-refractivity contribution in [2.45, 2.75) is 32.5 Å². The van der Waals surface area contributed by atoms with Crippen LogP contribution < -0.4 is 4.52 Å². The predicted molar refractivity (Wildman–Crippen MR) is 73.0 cm³/mol. The lowest BCUT2D eigenvalue weighted by molar-refractivity contribution is -0.137. The Morgan fingerprint density at radius 3 is 2.26 bits per heavy atom. The first-order valence-corrected chi connectivity index (χ1v) is 9.03. The standard InChI is InChI=1S/C11H13ClF3O2PS/c1-3-8(2)16-18(12,19)17-10-6-4-9(5-7-10)11(13,14)15/h4-8H,3H2,1-2H3. The average Bonchev–Trinajstić information content (AvgIpc) is 2.27. The molecule has 108 valence electrons. The Kier molecular flexibility index (Phi) is 5.68. The Labute approximate surface area is 119 Å². The summed E-state index contributed by atoms with van der Waals surface area (Å²) in [6, 6.07) is 4.16. The van der Waals surface area contributed by atoms with E-state index in [0.29, 0.717) is 6.42 Å². The van der Waals surface area contributed by atoms with Gasteiger partial charge in [0.1, 0.15) is 5.75 Å². The van der Waals surface area contributed by atoms with Crippen LogP contribution in [0.25, 0.3) is 0 Å². The van der Waals surface area contributed by atoms with E-state index in [1.807, 2.05) is 6.92 Å². The van der Waals surface area contributed by atoms with Gasteiger partial charge in [-0.05, 0) is 60.7 Å². The molecule has 0 saturated heterocycles. The first-order chi connectivity index (χ1) is 8.64. The van der Waals surface area contributed by atoms with E-state index >= 15 is 0 Å². The van der Waals surface area contributed by atoms with Crippen molar-refractivity contribution < 1.29 is 22.2 Å². The normalized spacial score (nSPS) is 16.7. The fourth-order valence-electron chi connectivity index (χ4n) is 1.14. The van der Waals surface area contributed by atoms with Crippen LogP contribution in [0.2, 0.25) is 0 Å². The fraction of sp³-hybridized carbons (Fsp3) is 0.455. The molecular weight excluding hydrogens is 320 g/mol. The molecule has 8 heteroatoms. The molecule has 0 spiro atoms. The summed E-state index contributed by atoms with van der Waals surface area (Å²) >= 11 is 10.9. The number of rotatable bonds is 5. The SMILES string of the molecule is CCC(C)OP(=S)(Cl)Oc1ccc(C(F)(F)F)cc1. The van der Waals surface area contributed by atoms with Gasteiger partial charge in [-0.2, -0.15) is 13.2 Å². The van der Waals surface area contributed by atoms with Crippen LogP contribution in [-0.2, 0) is 22.5 Å². The minimum atomic E-state index is -4.38. The van der Waals surface area contributed by atoms with Crippen LogP contribution in [0.4, 0.5) is 13.2 Å². The fourth-order valence-corrected chi connectivity index (χ4v) is 3.48. The van der Waals surface area contributed by atoms with E-state index in [1.165, 1.54) is 12.1 Å². The minimum absolute atomic E-state index is 0.162.